The molecular formula is C20H21NO3S. The lowest BCUT2D eigenvalue weighted by molar-refractivity contribution is -0.154. The smallest absolute Gasteiger partial charge is 0.324 e. The van der Waals surface area contributed by atoms with Crippen molar-refractivity contribution < 1.29 is 14.3 Å². The molecule has 1 aliphatic rings. The Balaban J connectivity index is 1.71. The minimum absolute atomic E-state index is 0.229. The van der Waals surface area contributed by atoms with Gasteiger partial charge in [0.2, 0.25) is 0 Å². The minimum atomic E-state index is -0.796. The molecule has 0 aliphatic heterocycles. The van der Waals surface area contributed by atoms with Crippen molar-refractivity contribution in [2.24, 2.45) is 0 Å². The molecule has 0 unspecified atom stereocenters. The van der Waals surface area contributed by atoms with Gasteiger partial charge in [-0.15, -0.1) is 11.8 Å². The second kappa shape index (κ2) is 8.21. The van der Waals surface area contributed by atoms with Crippen molar-refractivity contribution in [3.8, 4) is 0 Å². The van der Waals surface area contributed by atoms with Gasteiger partial charge in [0.1, 0.15) is 5.25 Å². The third kappa shape index (κ3) is 5.10. The van der Waals surface area contributed by atoms with Gasteiger partial charge in [-0.25, -0.2) is 0 Å². The van der Waals surface area contributed by atoms with Gasteiger partial charge in [0.05, 0.1) is 0 Å². The van der Waals surface area contributed by atoms with E-state index in [1.807, 2.05) is 60.7 Å². The number of carbonyl (C=O) groups excluding carboxylic acids is 2. The third-order valence-corrected chi connectivity index (χ3v) is 5.14. The summed E-state index contributed by atoms with van der Waals surface area (Å²) in [4.78, 5) is 25.8. The summed E-state index contributed by atoms with van der Waals surface area (Å²) in [6.45, 7) is 1.62. The van der Waals surface area contributed by atoms with Gasteiger partial charge in [-0.05, 0) is 37.5 Å². The lowest BCUT2D eigenvalue weighted by atomic mass is 10.1. The van der Waals surface area contributed by atoms with Crippen LogP contribution in [0.3, 0.4) is 0 Å². The molecule has 1 N–H and O–H groups in total. The van der Waals surface area contributed by atoms with Crippen LogP contribution in [0.1, 0.15) is 30.6 Å². The van der Waals surface area contributed by atoms with Gasteiger partial charge < -0.3 is 10.1 Å². The van der Waals surface area contributed by atoms with Crippen molar-refractivity contribution in [1.29, 1.82) is 0 Å². The topological polar surface area (TPSA) is 55.4 Å². The molecule has 0 radical (unpaired) electrons. The lowest BCUT2D eigenvalue weighted by Gasteiger charge is -2.19. The number of rotatable bonds is 7. The number of esters is 1. The van der Waals surface area contributed by atoms with Gasteiger partial charge in [0.25, 0.3) is 5.91 Å². The molecule has 0 heterocycles. The van der Waals surface area contributed by atoms with Crippen LogP contribution >= 0.6 is 11.8 Å². The molecule has 4 nitrogen and oxygen atoms in total. The van der Waals surface area contributed by atoms with Crippen LogP contribution < -0.4 is 5.32 Å². The largest absolute Gasteiger partial charge is 0.451 e. The zero-order valence-electron chi connectivity index (χ0n) is 14.1. The molecule has 3 rings (SSSR count). The molecule has 1 aliphatic carbocycles. The monoisotopic (exact) mass is 355 g/mol. The highest BCUT2D eigenvalue weighted by molar-refractivity contribution is 8.00. The van der Waals surface area contributed by atoms with E-state index in [4.69, 9.17) is 4.74 Å². The van der Waals surface area contributed by atoms with E-state index in [1.54, 1.807) is 6.92 Å². The number of carbonyl (C=O) groups is 2. The minimum Gasteiger partial charge on any atom is -0.451 e. The number of nitrogens with one attached hydrogen (secondary N) is 1. The molecule has 0 saturated heterocycles. The number of thioether (sulfide) groups is 1. The standard InChI is InChI=1S/C20H21NO3S/c1-14(19(22)21-16-12-13-16)24-20(23)18(15-8-4-2-5-9-15)25-17-10-6-3-7-11-17/h2-11,14,16,18H,12-13H2,1H3,(H,21,22)/t14-,18-/m0/s1. The number of amides is 1. The van der Waals surface area contributed by atoms with Gasteiger partial charge in [0, 0.05) is 10.9 Å². The van der Waals surface area contributed by atoms with Crippen molar-refractivity contribution in [2.75, 3.05) is 0 Å². The Morgan fingerprint density at radius 2 is 1.64 bits per heavy atom. The molecule has 5 heteroatoms. The summed E-state index contributed by atoms with van der Waals surface area (Å²) >= 11 is 1.42. The molecule has 2 atom stereocenters. The molecule has 0 spiro atoms. The molecular weight excluding hydrogens is 334 g/mol. The summed E-state index contributed by atoms with van der Waals surface area (Å²) in [6.07, 6.45) is 1.21. The van der Waals surface area contributed by atoms with Crippen LogP contribution in [0, 0.1) is 0 Å². The van der Waals surface area contributed by atoms with E-state index in [1.165, 1.54) is 11.8 Å². The second-order valence-corrected chi connectivity index (χ2v) is 7.26. The molecule has 0 aromatic heterocycles. The van der Waals surface area contributed by atoms with Gasteiger partial charge in [-0.3, -0.25) is 9.59 Å². The fraction of sp³-hybridized carbons (Fsp3) is 0.300. The highest BCUT2D eigenvalue weighted by Crippen LogP contribution is 2.36. The first-order chi connectivity index (χ1) is 12.1. The lowest BCUT2D eigenvalue weighted by Crippen LogP contribution is -2.37. The summed E-state index contributed by atoms with van der Waals surface area (Å²) in [5.41, 5.74) is 0.858. The van der Waals surface area contributed by atoms with Crippen LogP contribution in [0.25, 0.3) is 0 Å². The van der Waals surface area contributed by atoms with Crippen molar-refractivity contribution in [3.05, 3.63) is 66.2 Å². The van der Waals surface area contributed by atoms with Crippen molar-refractivity contribution in [1.82, 2.24) is 5.32 Å². The van der Waals surface area contributed by atoms with E-state index in [0.29, 0.717) is 0 Å². The molecule has 25 heavy (non-hydrogen) atoms. The van der Waals surface area contributed by atoms with Gasteiger partial charge in [-0.2, -0.15) is 0 Å². The van der Waals surface area contributed by atoms with E-state index in [-0.39, 0.29) is 11.9 Å². The molecule has 130 valence electrons. The Kier molecular flexibility index (Phi) is 5.76. The van der Waals surface area contributed by atoms with E-state index in [0.717, 1.165) is 23.3 Å². The van der Waals surface area contributed by atoms with E-state index in [2.05, 4.69) is 5.32 Å². The summed E-state index contributed by atoms with van der Waals surface area (Å²) in [6, 6.07) is 19.5. The molecule has 0 bridgehead atoms. The average Bonchev–Trinajstić information content (AvgIpc) is 3.45. The van der Waals surface area contributed by atoms with Crippen LogP contribution in [0.2, 0.25) is 0 Å². The predicted octanol–water partition coefficient (Wildman–Crippen LogP) is 3.73. The van der Waals surface area contributed by atoms with E-state index in [9.17, 15) is 9.59 Å². The maximum absolute atomic E-state index is 12.7. The van der Waals surface area contributed by atoms with Crippen molar-refractivity contribution >= 4 is 23.6 Å². The Labute approximate surface area is 152 Å². The maximum atomic E-state index is 12.7. The summed E-state index contributed by atoms with van der Waals surface area (Å²) in [7, 11) is 0. The summed E-state index contributed by atoms with van der Waals surface area (Å²) in [5, 5.41) is 2.35. The van der Waals surface area contributed by atoms with Crippen LogP contribution in [-0.4, -0.2) is 24.0 Å². The maximum Gasteiger partial charge on any atom is 0.324 e. The van der Waals surface area contributed by atoms with E-state index >= 15 is 0 Å². The first-order valence-electron chi connectivity index (χ1n) is 8.41. The Morgan fingerprint density at radius 3 is 2.24 bits per heavy atom. The highest BCUT2D eigenvalue weighted by Gasteiger charge is 2.30. The number of hydrogen-bond acceptors (Lipinski definition) is 4. The zero-order chi connectivity index (χ0) is 17.6. The normalized spacial score (nSPS) is 15.9. The quantitative estimate of drug-likeness (QED) is 0.607. The van der Waals surface area contributed by atoms with Gasteiger partial charge >= 0.3 is 5.97 Å². The molecule has 2 aromatic rings. The Bertz CT molecular complexity index is 716. The fourth-order valence-corrected chi connectivity index (χ4v) is 3.38. The summed E-state index contributed by atoms with van der Waals surface area (Å²) < 4.78 is 5.46. The van der Waals surface area contributed by atoms with Gasteiger partial charge in [0.15, 0.2) is 6.10 Å². The second-order valence-electron chi connectivity index (χ2n) is 6.08. The van der Waals surface area contributed by atoms with Crippen molar-refractivity contribution in [3.63, 3.8) is 0 Å². The zero-order valence-corrected chi connectivity index (χ0v) is 14.9. The highest BCUT2D eigenvalue weighted by atomic mass is 32.2. The van der Waals surface area contributed by atoms with Crippen LogP contribution in [0.4, 0.5) is 0 Å². The first-order valence-corrected chi connectivity index (χ1v) is 9.29. The Morgan fingerprint density at radius 1 is 1.04 bits per heavy atom. The van der Waals surface area contributed by atoms with Crippen LogP contribution in [0.15, 0.2) is 65.6 Å². The third-order valence-electron chi connectivity index (χ3n) is 3.90. The molecule has 2 aromatic carbocycles. The molecule has 1 saturated carbocycles. The Hall–Kier alpha value is -2.27. The molecule has 1 amide bonds. The number of ether oxygens (including phenoxy) is 1. The van der Waals surface area contributed by atoms with E-state index < -0.39 is 17.3 Å². The summed E-state index contributed by atoms with van der Waals surface area (Å²) in [5.74, 6) is -0.633. The predicted molar refractivity (Wildman–Crippen MR) is 98.2 cm³/mol. The fourth-order valence-electron chi connectivity index (χ4n) is 2.35. The van der Waals surface area contributed by atoms with Gasteiger partial charge in [-0.1, -0.05) is 48.5 Å². The van der Waals surface area contributed by atoms with Crippen LogP contribution in [-0.2, 0) is 14.3 Å². The first kappa shape index (κ1) is 17.5. The number of benzene rings is 2. The number of hydrogen-bond donors (Lipinski definition) is 1. The average molecular weight is 355 g/mol. The molecule has 1 fully saturated rings. The SMILES string of the molecule is C[C@H](OC(=O)[C@@H](Sc1ccccc1)c1ccccc1)C(=O)NC1CC1. The van der Waals surface area contributed by atoms with Crippen LogP contribution in [0.5, 0.6) is 0 Å². The van der Waals surface area contributed by atoms with Crippen molar-refractivity contribution in [2.45, 2.75) is 42.1 Å².